The van der Waals surface area contributed by atoms with Gasteiger partial charge in [-0.1, -0.05) is 17.3 Å². The van der Waals surface area contributed by atoms with Gasteiger partial charge in [0.15, 0.2) is 0 Å². The molecule has 2 aromatic carbocycles. The van der Waals surface area contributed by atoms with Gasteiger partial charge in [-0.2, -0.15) is 4.98 Å². The predicted octanol–water partition coefficient (Wildman–Crippen LogP) is 4.32. The van der Waals surface area contributed by atoms with Gasteiger partial charge in [-0.25, -0.2) is 9.97 Å². The zero-order valence-electron chi connectivity index (χ0n) is 14.4. The van der Waals surface area contributed by atoms with Gasteiger partial charge >= 0.3 is 0 Å². The fraction of sp³-hybridized carbons (Fsp3) is 0.200. The first-order chi connectivity index (χ1) is 13.4. The predicted molar refractivity (Wildman–Crippen MR) is 97.3 cm³/mol. The molecule has 4 aromatic rings. The summed E-state index contributed by atoms with van der Waals surface area (Å²) in [6.45, 7) is 0.742. The first kappa shape index (κ1) is 15.9. The largest absolute Gasteiger partial charge is 0.438 e. The molecule has 0 N–H and O–H groups in total. The number of fused-ring (bicyclic) bond motifs is 1. The van der Waals surface area contributed by atoms with Crippen molar-refractivity contribution < 1.29 is 14.0 Å². The van der Waals surface area contributed by atoms with E-state index in [0.717, 1.165) is 35.9 Å². The fourth-order valence-corrected chi connectivity index (χ4v) is 3.10. The van der Waals surface area contributed by atoms with Gasteiger partial charge in [-0.3, -0.25) is 0 Å². The first-order valence-corrected chi connectivity index (χ1v) is 8.80. The molecule has 7 nitrogen and oxygen atoms in total. The summed E-state index contributed by atoms with van der Waals surface area (Å²) in [6, 6.07) is 15.2. The summed E-state index contributed by atoms with van der Waals surface area (Å²) in [7, 11) is 0. The molecule has 0 radical (unpaired) electrons. The Kier molecular flexibility index (Phi) is 3.99. The van der Waals surface area contributed by atoms with E-state index in [-0.39, 0.29) is 6.10 Å². The number of rotatable bonds is 4. The van der Waals surface area contributed by atoms with Crippen LogP contribution in [-0.4, -0.2) is 26.7 Å². The third-order valence-corrected chi connectivity index (χ3v) is 4.48. The third kappa shape index (κ3) is 3.13. The van der Waals surface area contributed by atoms with E-state index in [2.05, 4.69) is 20.1 Å². The lowest BCUT2D eigenvalue weighted by molar-refractivity contribution is 0.0835. The molecule has 1 saturated heterocycles. The van der Waals surface area contributed by atoms with Gasteiger partial charge in [-0.15, -0.1) is 0 Å². The molecule has 3 heterocycles. The second-order valence-corrected chi connectivity index (χ2v) is 6.28. The maximum absolute atomic E-state index is 5.93. The first-order valence-electron chi connectivity index (χ1n) is 8.80. The third-order valence-electron chi connectivity index (χ3n) is 4.48. The smallest absolute Gasteiger partial charge is 0.256 e. The molecular weight excluding hydrogens is 344 g/mol. The highest BCUT2D eigenvalue weighted by Gasteiger charge is 2.24. The normalized spacial score (nSPS) is 16.7. The number of nitrogens with zero attached hydrogens (tertiary/aromatic N) is 4. The maximum Gasteiger partial charge on any atom is 0.256 e. The van der Waals surface area contributed by atoms with Gasteiger partial charge in [0.05, 0.1) is 10.9 Å². The lowest BCUT2D eigenvalue weighted by atomic mass is 10.2. The zero-order chi connectivity index (χ0) is 18.1. The average Bonchev–Trinajstić information content (AvgIpc) is 3.41. The van der Waals surface area contributed by atoms with Crippen LogP contribution in [0.25, 0.3) is 22.3 Å². The number of ether oxygens (including phenoxy) is 2. The van der Waals surface area contributed by atoms with Gasteiger partial charge in [0.2, 0.25) is 11.7 Å². The summed E-state index contributed by atoms with van der Waals surface area (Å²) < 4.78 is 16.9. The van der Waals surface area contributed by atoms with Crippen LogP contribution in [0.2, 0.25) is 0 Å². The minimum Gasteiger partial charge on any atom is -0.438 e. The summed E-state index contributed by atoms with van der Waals surface area (Å²) in [5.74, 6) is 2.27. The second-order valence-electron chi connectivity index (χ2n) is 6.28. The Morgan fingerprint density at radius 1 is 1.00 bits per heavy atom. The van der Waals surface area contributed by atoms with Crippen molar-refractivity contribution in [1.29, 1.82) is 0 Å². The van der Waals surface area contributed by atoms with E-state index >= 15 is 0 Å². The van der Waals surface area contributed by atoms with E-state index in [1.54, 1.807) is 0 Å². The van der Waals surface area contributed by atoms with E-state index < -0.39 is 0 Å². The van der Waals surface area contributed by atoms with E-state index in [4.69, 9.17) is 14.0 Å². The van der Waals surface area contributed by atoms with E-state index in [1.165, 1.54) is 6.33 Å². The van der Waals surface area contributed by atoms with Crippen molar-refractivity contribution in [3.63, 3.8) is 0 Å². The molecule has 2 aromatic heterocycles. The molecule has 7 heteroatoms. The molecule has 134 valence electrons. The van der Waals surface area contributed by atoms with Crippen LogP contribution in [0.4, 0.5) is 0 Å². The van der Waals surface area contributed by atoms with Crippen molar-refractivity contribution in [2.45, 2.75) is 18.9 Å². The highest BCUT2D eigenvalue weighted by Crippen LogP contribution is 2.30. The molecule has 0 bridgehead atoms. The quantitative estimate of drug-likeness (QED) is 0.536. The van der Waals surface area contributed by atoms with Crippen LogP contribution in [-0.2, 0) is 4.74 Å². The highest BCUT2D eigenvalue weighted by atomic mass is 16.5. The lowest BCUT2D eigenvalue weighted by Gasteiger charge is -2.07. The minimum atomic E-state index is -0.0834. The summed E-state index contributed by atoms with van der Waals surface area (Å²) >= 11 is 0. The van der Waals surface area contributed by atoms with Crippen molar-refractivity contribution in [2.75, 3.05) is 6.61 Å². The Hall–Kier alpha value is -3.32. The van der Waals surface area contributed by atoms with Gasteiger partial charge in [0.1, 0.15) is 18.2 Å². The summed E-state index contributed by atoms with van der Waals surface area (Å²) in [4.78, 5) is 12.9. The van der Waals surface area contributed by atoms with Crippen molar-refractivity contribution >= 4 is 10.9 Å². The summed E-state index contributed by atoms with van der Waals surface area (Å²) in [5, 5.41) is 4.92. The standard InChI is InChI=1S/C20H16N4O3/c1-2-5-16-15(4-1)19(22-12-21-16)26-14-9-7-13(8-10-14)18-23-20(27-24-18)17-6-3-11-25-17/h1-2,4-5,7-10,12,17H,3,6,11H2. The molecule has 27 heavy (non-hydrogen) atoms. The Labute approximate surface area is 155 Å². The monoisotopic (exact) mass is 360 g/mol. The number of hydrogen-bond donors (Lipinski definition) is 0. The Morgan fingerprint density at radius 3 is 2.74 bits per heavy atom. The molecule has 1 aliphatic heterocycles. The van der Waals surface area contributed by atoms with Crippen LogP contribution >= 0.6 is 0 Å². The minimum absolute atomic E-state index is 0.0834. The molecule has 1 unspecified atom stereocenters. The topological polar surface area (TPSA) is 83.2 Å². The maximum atomic E-state index is 5.93. The average molecular weight is 360 g/mol. The van der Waals surface area contributed by atoms with E-state index in [1.807, 2.05) is 48.5 Å². The number of benzene rings is 2. The van der Waals surface area contributed by atoms with Crippen LogP contribution in [0.1, 0.15) is 24.8 Å². The molecular formula is C20H16N4O3. The molecule has 1 fully saturated rings. The van der Waals surface area contributed by atoms with Crippen molar-refractivity contribution in [2.24, 2.45) is 0 Å². The van der Waals surface area contributed by atoms with Gasteiger partial charge in [0.25, 0.3) is 5.89 Å². The molecule has 0 aliphatic carbocycles. The number of aromatic nitrogens is 4. The van der Waals surface area contributed by atoms with Crippen LogP contribution in [0, 0.1) is 0 Å². The van der Waals surface area contributed by atoms with Crippen LogP contribution < -0.4 is 4.74 Å². The highest BCUT2D eigenvalue weighted by molar-refractivity contribution is 5.83. The molecule has 1 aliphatic rings. The Morgan fingerprint density at radius 2 is 1.89 bits per heavy atom. The number of para-hydroxylation sites is 1. The lowest BCUT2D eigenvalue weighted by Crippen LogP contribution is -1.95. The summed E-state index contributed by atoms with van der Waals surface area (Å²) in [5.41, 5.74) is 1.69. The number of hydrogen-bond acceptors (Lipinski definition) is 7. The van der Waals surface area contributed by atoms with E-state index in [9.17, 15) is 0 Å². The van der Waals surface area contributed by atoms with Crippen LogP contribution in [0.15, 0.2) is 59.4 Å². The molecule has 5 rings (SSSR count). The SMILES string of the molecule is c1ccc2c(Oc3ccc(-c4noc(C5CCCO5)n4)cc3)ncnc2c1. The van der Waals surface area contributed by atoms with Gasteiger partial charge in [-0.05, 0) is 49.2 Å². The zero-order valence-corrected chi connectivity index (χ0v) is 14.4. The summed E-state index contributed by atoms with van der Waals surface area (Å²) in [6.07, 6.45) is 3.35. The second kappa shape index (κ2) is 6.77. The van der Waals surface area contributed by atoms with Crippen LogP contribution in [0.3, 0.4) is 0 Å². The van der Waals surface area contributed by atoms with Gasteiger partial charge < -0.3 is 14.0 Å². The van der Waals surface area contributed by atoms with Crippen molar-refractivity contribution in [3.05, 3.63) is 60.7 Å². The van der Waals surface area contributed by atoms with Gasteiger partial charge in [0, 0.05) is 12.2 Å². The van der Waals surface area contributed by atoms with Crippen LogP contribution in [0.5, 0.6) is 11.6 Å². The molecule has 0 amide bonds. The Bertz CT molecular complexity index is 1070. The molecule has 1 atom stereocenters. The van der Waals surface area contributed by atoms with Crippen molar-refractivity contribution in [3.8, 4) is 23.0 Å². The fourth-order valence-electron chi connectivity index (χ4n) is 3.10. The Balaban J connectivity index is 1.37. The molecule has 0 spiro atoms. The van der Waals surface area contributed by atoms with E-state index in [0.29, 0.717) is 23.3 Å². The van der Waals surface area contributed by atoms with Crippen molar-refractivity contribution in [1.82, 2.24) is 20.1 Å². The molecule has 0 saturated carbocycles.